The van der Waals surface area contributed by atoms with Crippen molar-refractivity contribution in [3.05, 3.63) is 0 Å². The molecule has 3 unspecified atom stereocenters. The molecule has 0 radical (unpaired) electrons. The van der Waals surface area contributed by atoms with Crippen molar-refractivity contribution in [2.45, 2.75) is 38.3 Å². The average molecular weight is 219 g/mol. The maximum Gasteiger partial charge on any atom is 0.0588 e. The van der Waals surface area contributed by atoms with Crippen LogP contribution in [0.3, 0.4) is 0 Å². The summed E-state index contributed by atoms with van der Waals surface area (Å²) in [6.07, 6.45) is 5.70. The molecule has 0 aromatic heterocycles. The smallest absolute Gasteiger partial charge is 0.0588 e. The lowest BCUT2D eigenvalue weighted by Crippen LogP contribution is -2.33. The monoisotopic (exact) mass is 219 g/mol. The van der Waals surface area contributed by atoms with E-state index in [2.05, 4.69) is 12.2 Å². The Morgan fingerprint density at radius 3 is 3.00 bits per heavy atom. The molecule has 1 aliphatic rings. The number of rotatable bonds is 6. The molecule has 1 fully saturated rings. The first-order valence-corrected chi connectivity index (χ1v) is 7.06. The second kappa shape index (κ2) is 6.53. The van der Waals surface area contributed by atoms with Crippen molar-refractivity contribution in [1.82, 2.24) is 5.32 Å². The molecule has 1 saturated heterocycles. The van der Waals surface area contributed by atoms with E-state index in [4.69, 9.17) is 4.74 Å². The van der Waals surface area contributed by atoms with E-state index in [0.29, 0.717) is 12.1 Å². The van der Waals surface area contributed by atoms with Gasteiger partial charge in [0.2, 0.25) is 0 Å². The molecule has 0 amide bonds. The molecule has 84 valence electrons. The highest BCUT2D eigenvalue weighted by atomic mass is 32.2. The molecule has 0 aliphatic carbocycles. The van der Waals surface area contributed by atoms with Gasteiger partial charge in [0, 0.05) is 35.5 Å². The second-order valence-electron chi connectivity index (χ2n) is 4.02. The summed E-state index contributed by atoms with van der Waals surface area (Å²) in [6.45, 7) is 3.99. The van der Waals surface area contributed by atoms with Crippen molar-refractivity contribution in [2.24, 2.45) is 0 Å². The number of ether oxygens (including phenoxy) is 1. The molecule has 0 saturated carbocycles. The van der Waals surface area contributed by atoms with Crippen molar-refractivity contribution in [3.8, 4) is 0 Å². The first kappa shape index (κ1) is 12.1. The maximum atomic E-state index is 10.9. The molecule has 1 N–H and O–H groups in total. The van der Waals surface area contributed by atoms with Gasteiger partial charge in [-0.25, -0.2) is 0 Å². The van der Waals surface area contributed by atoms with Gasteiger partial charge in [0.1, 0.15) is 0 Å². The fraction of sp³-hybridized carbons (Fsp3) is 1.00. The molecular weight excluding hydrogens is 198 g/mol. The second-order valence-corrected chi connectivity index (χ2v) is 5.50. The molecule has 0 bridgehead atoms. The van der Waals surface area contributed by atoms with Gasteiger partial charge in [-0.15, -0.1) is 0 Å². The van der Waals surface area contributed by atoms with Crippen LogP contribution in [0.2, 0.25) is 0 Å². The van der Waals surface area contributed by atoms with Crippen molar-refractivity contribution >= 4 is 10.8 Å². The lowest BCUT2D eigenvalue weighted by atomic mass is 10.2. The molecule has 14 heavy (non-hydrogen) atoms. The summed E-state index contributed by atoms with van der Waals surface area (Å²) in [6, 6.07) is 0.349. The first-order valence-electron chi connectivity index (χ1n) is 5.33. The summed E-state index contributed by atoms with van der Waals surface area (Å²) in [7, 11) is -0.695. The van der Waals surface area contributed by atoms with Crippen LogP contribution in [0, 0.1) is 0 Å². The van der Waals surface area contributed by atoms with Gasteiger partial charge in [-0.3, -0.25) is 4.21 Å². The Hall–Kier alpha value is 0.0700. The molecule has 0 aromatic rings. The Morgan fingerprint density at radius 1 is 1.64 bits per heavy atom. The summed E-state index contributed by atoms with van der Waals surface area (Å²) < 4.78 is 16.4. The predicted octanol–water partition coefficient (Wildman–Crippen LogP) is 0.912. The standard InChI is InChI=1S/C10H21NO2S/c1-9(8-14(2)12)11-6-5-10-4-3-7-13-10/h9-11H,3-8H2,1-2H3. The Balaban J connectivity index is 1.99. The largest absolute Gasteiger partial charge is 0.378 e. The van der Waals surface area contributed by atoms with Crippen LogP contribution in [0.25, 0.3) is 0 Å². The summed E-state index contributed by atoms with van der Waals surface area (Å²) >= 11 is 0. The SMILES string of the molecule is CC(CS(C)=O)NCCC1CCCO1. The average Bonchev–Trinajstić information content (AvgIpc) is 2.55. The lowest BCUT2D eigenvalue weighted by Gasteiger charge is -2.14. The quantitative estimate of drug-likeness (QED) is 0.722. The highest BCUT2D eigenvalue weighted by Crippen LogP contribution is 2.14. The number of hydrogen-bond donors (Lipinski definition) is 1. The van der Waals surface area contributed by atoms with E-state index >= 15 is 0 Å². The Labute approximate surface area is 89.1 Å². The first-order chi connectivity index (χ1) is 6.68. The van der Waals surface area contributed by atoms with E-state index in [1.807, 2.05) is 0 Å². The van der Waals surface area contributed by atoms with Crippen LogP contribution < -0.4 is 5.32 Å². The van der Waals surface area contributed by atoms with E-state index in [-0.39, 0.29) is 0 Å². The van der Waals surface area contributed by atoms with Crippen molar-refractivity contribution in [2.75, 3.05) is 25.2 Å². The zero-order valence-electron chi connectivity index (χ0n) is 9.12. The summed E-state index contributed by atoms with van der Waals surface area (Å²) in [5.74, 6) is 0.742. The van der Waals surface area contributed by atoms with Gasteiger partial charge in [-0.2, -0.15) is 0 Å². The van der Waals surface area contributed by atoms with E-state index in [0.717, 1.165) is 25.3 Å². The zero-order chi connectivity index (χ0) is 10.4. The molecular formula is C10H21NO2S. The van der Waals surface area contributed by atoms with E-state index < -0.39 is 10.8 Å². The predicted molar refractivity (Wildman–Crippen MR) is 60.0 cm³/mol. The van der Waals surface area contributed by atoms with Crippen LogP contribution in [0.1, 0.15) is 26.2 Å². The third-order valence-corrected chi connectivity index (χ3v) is 3.44. The Bertz CT molecular complexity index is 181. The minimum Gasteiger partial charge on any atom is -0.378 e. The molecule has 1 rings (SSSR count). The van der Waals surface area contributed by atoms with Crippen LogP contribution >= 0.6 is 0 Å². The Morgan fingerprint density at radius 2 is 2.43 bits per heavy atom. The summed E-state index contributed by atoms with van der Waals surface area (Å²) in [4.78, 5) is 0. The molecule has 1 heterocycles. The van der Waals surface area contributed by atoms with Crippen LogP contribution in [0.4, 0.5) is 0 Å². The third-order valence-electron chi connectivity index (χ3n) is 2.47. The van der Waals surface area contributed by atoms with E-state index in [9.17, 15) is 4.21 Å². The zero-order valence-corrected chi connectivity index (χ0v) is 9.94. The Kier molecular flexibility index (Phi) is 5.67. The molecule has 0 spiro atoms. The van der Waals surface area contributed by atoms with Crippen molar-refractivity contribution in [3.63, 3.8) is 0 Å². The van der Waals surface area contributed by atoms with Gasteiger partial charge < -0.3 is 10.1 Å². The minimum absolute atomic E-state index is 0.349. The normalized spacial score (nSPS) is 26.3. The van der Waals surface area contributed by atoms with Crippen LogP contribution in [0.5, 0.6) is 0 Å². The van der Waals surface area contributed by atoms with Crippen LogP contribution in [-0.4, -0.2) is 41.5 Å². The van der Waals surface area contributed by atoms with Gasteiger partial charge in [-0.1, -0.05) is 0 Å². The van der Waals surface area contributed by atoms with Gasteiger partial charge in [0.05, 0.1) is 6.10 Å². The fourth-order valence-electron chi connectivity index (χ4n) is 1.77. The minimum atomic E-state index is -0.695. The van der Waals surface area contributed by atoms with Crippen LogP contribution in [-0.2, 0) is 15.5 Å². The summed E-state index contributed by atoms with van der Waals surface area (Å²) in [5.41, 5.74) is 0. The van der Waals surface area contributed by atoms with Crippen molar-refractivity contribution in [1.29, 1.82) is 0 Å². The summed E-state index contributed by atoms with van der Waals surface area (Å²) in [5, 5.41) is 3.37. The molecule has 0 aromatic carbocycles. The third kappa shape index (κ3) is 5.08. The van der Waals surface area contributed by atoms with E-state index in [1.54, 1.807) is 6.26 Å². The molecule has 4 heteroatoms. The molecule has 3 atom stereocenters. The number of hydrogen-bond acceptors (Lipinski definition) is 3. The molecule has 3 nitrogen and oxygen atoms in total. The fourth-order valence-corrected chi connectivity index (χ4v) is 2.60. The van der Waals surface area contributed by atoms with Gasteiger partial charge in [0.25, 0.3) is 0 Å². The highest BCUT2D eigenvalue weighted by molar-refractivity contribution is 7.84. The van der Waals surface area contributed by atoms with Crippen LogP contribution in [0.15, 0.2) is 0 Å². The number of nitrogens with one attached hydrogen (secondary N) is 1. The molecule has 1 aliphatic heterocycles. The van der Waals surface area contributed by atoms with Gasteiger partial charge in [-0.05, 0) is 32.7 Å². The highest BCUT2D eigenvalue weighted by Gasteiger charge is 2.15. The van der Waals surface area contributed by atoms with E-state index in [1.165, 1.54) is 12.8 Å². The topological polar surface area (TPSA) is 38.3 Å². The van der Waals surface area contributed by atoms with Gasteiger partial charge in [0.15, 0.2) is 0 Å². The maximum absolute atomic E-state index is 10.9. The van der Waals surface area contributed by atoms with Gasteiger partial charge >= 0.3 is 0 Å². The lowest BCUT2D eigenvalue weighted by molar-refractivity contribution is 0.104. The van der Waals surface area contributed by atoms with Crippen molar-refractivity contribution < 1.29 is 8.95 Å².